The maximum absolute atomic E-state index is 12.2. The van der Waals surface area contributed by atoms with Crippen LogP contribution in [-0.4, -0.2) is 43.5 Å². The van der Waals surface area contributed by atoms with Gasteiger partial charge in [-0.25, -0.2) is 4.79 Å². The van der Waals surface area contributed by atoms with Crippen LogP contribution in [0.1, 0.15) is 33.6 Å². The smallest absolute Gasteiger partial charge is 0.335 e. The molecule has 0 aromatic heterocycles. The average Bonchev–Trinajstić information content (AvgIpc) is 2.54. The molecule has 0 radical (unpaired) electrons. The van der Waals surface area contributed by atoms with Gasteiger partial charge in [-0.15, -0.1) is 0 Å². The standard InChI is InChI=1S/C15H17NO5/c1-16(21-15(19)11-6-8-20-9-7-11)14(18)13-5-3-2-4-12(13)10-17/h2-5,10-11H,6-9H2,1H3. The number of amides is 1. The zero-order valence-corrected chi connectivity index (χ0v) is 11.8. The molecule has 1 aliphatic rings. The lowest BCUT2D eigenvalue weighted by atomic mass is 10.0. The summed E-state index contributed by atoms with van der Waals surface area (Å²) in [5, 5.41) is 0.875. The minimum atomic E-state index is -0.530. The summed E-state index contributed by atoms with van der Waals surface area (Å²) < 4.78 is 5.17. The fraction of sp³-hybridized carbons (Fsp3) is 0.400. The quantitative estimate of drug-likeness (QED) is 0.622. The molecule has 6 heteroatoms. The third-order valence-corrected chi connectivity index (χ3v) is 3.39. The Morgan fingerprint density at radius 3 is 2.62 bits per heavy atom. The Morgan fingerprint density at radius 1 is 1.29 bits per heavy atom. The van der Waals surface area contributed by atoms with Crippen LogP contribution < -0.4 is 0 Å². The van der Waals surface area contributed by atoms with Crippen molar-refractivity contribution in [3.63, 3.8) is 0 Å². The van der Waals surface area contributed by atoms with Crippen molar-refractivity contribution in [2.45, 2.75) is 12.8 Å². The van der Waals surface area contributed by atoms with Gasteiger partial charge in [-0.05, 0) is 18.9 Å². The van der Waals surface area contributed by atoms with Gasteiger partial charge in [0, 0.05) is 25.8 Å². The van der Waals surface area contributed by atoms with Crippen molar-refractivity contribution in [1.29, 1.82) is 0 Å². The van der Waals surface area contributed by atoms with Crippen LogP contribution in [0.25, 0.3) is 0 Å². The molecule has 0 unspecified atom stereocenters. The fourth-order valence-electron chi connectivity index (χ4n) is 2.15. The van der Waals surface area contributed by atoms with E-state index in [4.69, 9.17) is 9.57 Å². The molecule has 21 heavy (non-hydrogen) atoms. The van der Waals surface area contributed by atoms with Crippen LogP contribution in [-0.2, 0) is 14.4 Å². The largest absolute Gasteiger partial charge is 0.381 e. The van der Waals surface area contributed by atoms with Gasteiger partial charge in [-0.2, -0.15) is 5.06 Å². The predicted octanol–water partition coefficient (Wildman–Crippen LogP) is 1.46. The molecule has 0 N–H and O–H groups in total. The molecule has 1 aliphatic heterocycles. The van der Waals surface area contributed by atoms with Gasteiger partial charge in [0.05, 0.1) is 11.5 Å². The minimum Gasteiger partial charge on any atom is -0.381 e. The highest BCUT2D eigenvalue weighted by Gasteiger charge is 2.26. The maximum Gasteiger partial charge on any atom is 0.335 e. The average molecular weight is 291 g/mol. The van der Waals surface area contributed by atoms with E-state index in [1.54, 1.807) is 12.1 Å². The predicted molar refractivity (Wildman–Crippen MR) is 73.6 cm³/mol. The SMILES string of the molecule is CN(OC(=O)C1CCOCC1)C(=O)c1ccccc1C=O. The van der Waals surface area contributed by atoms with Crippen LogP contribution in [0.5, 0.6) is 0 Å². The van der Waals surface area contributed by atoms with Gasteiger partial charge in [0.25, 0.3) is 5.91 Å². The second kappa shape index (κ2) is 6.99. The number of benzene rings is 1. The summed E-state index contributed by atoms with van der Waals surface area (Å²) in [5.74, 6) is -1.23. The van der Waals surface area contributed by atoms with E-state index in [1.807, 2.05) is 0 Å². The van der Waals surface area contributed by atoms with Crippen LogP contribution in [0.3, 0.4) is 0 Å². The lowest BCUT2D eigenvalue weighted by Crippen LogP contribution is -2.35. The van der Waals surface area contributed by atoms with Crippen molar-refractivity contribution < 1.29 is 24.0 Å². The number of hydroxylamine groups is 2. The molecule has 6 nitrogen and oxygen atoms in total. The van der Waals surface area contributed by atoms with Crippen LogP contribution in [0.4, 0.5) is 0 Å². The topological polar surface area (TPSA) is 72.9 Å². The minimum absolute atomic E-state index is 0.203. The molecular weight excluding hydrogens is 274 g/mol. The van der Waals surface area contributed by atoms with Gasteiger partial charge in [0.1, 0.15) is 0 Å². The number of rotatable bonds is 3. The van der Waals surface area contributed by atoms with Gasteiger partial charge in [-0.1, -0.05) is 18.2 Å². The molecule has 1 saturated heterocycles. The molecule has 0 spiro atoms. The first-order chi connectivity index (χ1) is 10.1. The third kappa shape index (κ3) is 3.66. The normalized spacial score (nSPS) is 15.3. The van der Waals surface area contributed by atoms with Crippen LogP contribution in [0.15, 0.2) is 24.3 Å². The van der Waals surface area contributed by atoms with Gasteiger partial charge >= 0.3 is 5.97 Å². The number of nitrogens with zero attached hydrogens (tertiary/aromatic N) is 1. The van der Waals surface area contributed by atoms with Crippen molar-refractivity contribution in [2.75, 3.05) is 20.3 Å². The van der Waals surface area contributed by atoms with E-state index in [-0.39, 0.29) is 17.0 Å². The zero-order valence-electron chi connectivity index (χ0n) is 11.8. The van der Waals surface area contributed by atoms with E-state index in [9.17, 15) is 14.4 Å². The van der Waals surface area contributed by atoms with Crippen molar-refractivity contribution >= 4 is 18.2 Å². The number of ether oxygens (including phenoxy) is 1. The molecule has 1 fully saturated rings. The van der Waals surface area contributed by atoms with E-state index >= 15 is 0 Å². The second-order valence-corrected chi connectivity index (χ2v) is 4.80. The molecule has 1 heterocycles. The molecule has 1 aromatic carbocycles. The molecule has 112 valence electrons. The number of carbonyl (C=O) groups excluding carboxylic acids is 3. The summed E-state index contributed by atoms with van der Waals surface area (Å²) in [6.07, 6.45) is 1.78. The Labute approximate surface area is 122 Å². The summed E-state index contributed by atoms with van der Waals surface area (Å²) in [6, 6.07) is 6.36. The molecule has 1 amide bonds. The fourth-order valence-corrected chi connectivity index (χ4v) is 2.15. The van der Waals surface area contributed by atoms with Gasteiger partial charge in [0.15, 0.2) is 6.29 Å². The van der Waals surface area contributed by atoms with Gasteiger partial charge < -0.3 is 9.57 Å². The van der Waals surface area contributed by atoms with Crippen LogP contribution in [0.2, 0.25) is 0 Å². The van der Waals surface area contributed by atoms with Crippen LogP contribution >= 0.6 is 0 Å². The Morgan fingerprint density at radius 2 is 1.95 bits per heavy atom. The number of hydrogen-bond acceptors (Lipinski definition) is 5. The Balaban J connectivity index is 2.02. The summed E-state index contributed by atoms with van der Waals surface area (Å²) in [5.41, 5.74) is 0.464. The van der Waals surface area contributed by atoms with Crippen molar-refractivity contribution in [1.82, 2.24) is 5.06 Å². The summed E-state index contributed by atoms with van der Waals surface area (Å²) in [6.45, 7) is 1.04. The van der Waals surface area contributed by atoms with E-state index in [2.05, 4.69) is 0 Å². The molecule has 0 bridgehead atoms. The van der Waals surface area contributed by atoms with Crippen molar-refractivity contribution in [3.05, 3.63) is 35.4 Å². The number of aldehydes is 1. The molecule has 0 saturated carbocycles. The lowest BCUT2D eigenvalue weighted by Gasteiger charge is -2.23. The zero-order chi connectivity index (χ0) is 15.2. The third-order valence-electron chi connectivity index (χ3n) is 3.39. The lowest BCUT2D eigenvalue weighted by molar-refractivity contribution is -0.181. The monoisotopic (exact) mass is 291 g/mol. The van der Waals surface area contributed by atoms with Crippen LogP contribution in [0, 0.1) is 5.92 Å². The Bertz CT molecular complexity index is 537. The first-order valence-electron chi connectivity index (χ1n) is 6.75. The summed E-state index contributed by atoms with van der Waals surface area (Å²) >= 11 is 0. The highest BCUT2D eigenvalue weighted by Crippen LogP contribution is 2.17. The van der Waals surface area contributed by atoms with E-state index in [0.717, 1.165) is 5.06 Å². The Hall–Kier alpha value is -2.21. The Kier molecular flexibility index (Phi) is 5.05. The highest BCUT2D eigenvalue weighted by atomic mass is 16.7. The van der Waals surface area contributed by atoms with E-state index in [1.165, 1.54) is 19.2 Å². The van der Waals surface area contributed by atoms with Crippen molar-refractivity contribution in [2.24, 2.45) is 5.92 Å². The molecule has 0 atom stereocenters. The maximum atomic E-state index is 12.2. The van der Waals surface area contributed by atoms with Crippen molar-refractivity contribution in [3.8, 4) is 0 Å². The highest BCUT2D eigenvalue weighted by molar-refractivity contribution is 6.01. The first kappa shape index (κ1) is 15.2. The van der Waals surface area contributed by atoms with Gasteiger partial charge in [-0.3, -0.25) is 9.59 Å². The van der Waals surface area contributed by atoms with E-state index in [0.29, 0.717) is 32.3 Å². The summed E-state index contributed by atoms with van der Waals surface area (Å²) in [7, 11) is 1.36. The second-order valence-electron chi connectivity index (χ2n) is 4.80. The number of hydrogen-bond donors (Lipinski definition) is 0. The molecule has 1 aromatic rings. The summed E-state index contributed by atoms with van der Waals surface area (Å²) in [4.78, 5) is 40.2. The molecule has 0 aliphatic carbocycles. The molecular formula is C15H17NO5. The van der Waals surface area contributed by atoms with Gasteiger partial charge in [0.2, 0.25) is 0 Å². The first-order valence-corrected chi connectivity index (χ1v) is 6.75. The molecule has 2 rings (SSSR count). The number of carbonyl (C=O) groups is 3. The van der Waals surface area contributed by atoms with E-state index < -0.39 is 11.9 Å².